The fourth-order valence-electron chi connectivity index (χ4n) is 0. The van der Waals surface area contributed by atoms with E-state index in [0.29, 0.717) is 0 Å². The summed E-state index contributed by atoms with van der Waals surface area (Å²) in [6.45, 7) is 0. The first-order chi connectivity index (χ1) is 2.45. The summed E-state index contributed by atoms with van der Waals surface area (Å²) in [5, 5.41) is 0. The van der Waals surface area contributed by atoms with Gasteiger partial charge in [0.25, 0.3) is 0 Å². The molecular weight excluding hydrogens is 182 g/mol. The third kappa shape index (κ3) is 232. The topological polar surface area (TPSA) is 0 Å². The van der Waals surface area contributed by atoms with Gasteiger partial charge in [0.1, 0.15) is 0 Å². The Morgan fingerprint density at radius 3 is 0.625 bits per heavy atom. The second kappa shape index (κ2) is 1.56. The first-order valence-corrected chi connectivity index (χ1v) is 3.40. The molecule has 0 aliphatic heterocycles. The molecule has 0 N–H and O–H groups in total. The molecule has 0 heterocycles. The predicted molar refractivity (Wildman–Crippen MR) is 18.2 cm³/mol. The standard InChI is InChI=1S/Ca.F6Si/c;1-7(2,3,4,5)6/q;-2. The molecule has 0 aromatic carbocycles. The van der Waals surface area contributed by atoms with Crippen molar-refractivity contribution in [3.63, 3.8) is 0 Å². The zero-order valence-corrected chi connectivity index (χ0v) is 6.68. The minimum absolute atomic E-state index is 0. The van der Waals surface area contributed by atoms with Crippen LogP contribution in [0.25, 0.3) is 0 Å². The van der Waals surface area contributed by atoms with Crippen LogP contribution in [0.2, 0.25) is 0 Å². The Bertz CT molecular complexity index is 67.1. The van der Waals surface area contributed by atoms with Crippen molar-refractivity contribution in [2.24, 2.45) is 0 Å². The smallest absolute Gasteiger partial charge is 0 e. The van der Waals surface area contributed by atoms with Crippen LogP contribution in [-0.2, 0) is 0 Å². The van der Waals surface area contributed by atoms with Crippen LogP contribution < -0.4 is 0 Å². The molecule has 0 aromatic rings. The molecule has 0 saturated carbocycles. The van der Waals surface area contributed by atoms with Gasteiger partial charge in [0.05, 0.1) is 0 Å². The normalized spacial score (nSPS) is 20.2. The molecule has 0 amide bonds. The minimum atomic E-state index is -10.8. The molecule has 0 nitrogen and oxygen atoms in total. The summed E-state index contributed by atoms with van der Waals surface area (Å²) in [7, 11) is -10.8. The summed E-state index contributed by atoms with van der Waals surface area (Å²) < 4.78 is 59.3. The van der Waals surface area contributed by atoms with Gasteiger partial charge in [0.2, 0.25) is 0 Å². The molecule has 0 bridgehead atoms. The zero-order valence-electron chi connectivity index (χ0n) is 3.47. The Labute approximate surface area is 70.7 Å². The fraction of sp³-hybridized carbons (Fsp3) is 0. The molecule has 0 unspecified atom stereocenters. The van der Waals surface area contributed by atoms with E-state index in [0.717, 1.165) is 0 Å². The maximum atomic E-state index is 9.88. The van der Waals surface area contributed by atoms with Crippen LogP contribution in [0.3, 0.4) is 0 Å². The summed E-state index contributed by atoms with van der Waals surface area (Å²) in [5.41, 5.74) is 0. The van der Waals surface area contributed by atoms with Gasteiger partial charge in [-0.05, 0) is 0 Å². The van der Waals surface area contributed by atoms with Crippen LogP contribution in [0.15, 0.2) is 0 Å². The quantitative estimate of drug-likeness (QED) is 0.304. The van der Waals surface area contributed by atoms with Crippen molar-refractivity contribution in [1.82, 2.24) is 0 Å². The number of hydrogen-bond acceptors (Lipinski definition) is 0. The van der Waals surface area contributed by atoms with Crippen molar-refractivity contribution < 1.29 is 24.6 Å². The molecule has 0 aromatic heterocycles. The van der Waals surface area contributed by atoms with Gasteiger partial charge >= 0.3 is 33.3 Å². The molecule has 0 fully saturated rings. The van der Waals surface area contributed by atoms with Gasteiger partial charge in [0.15, 0.2) is 0 Å². The van der Waals surface area contributed by atoms with Crippen molar-refractivity contribution >= 4 is 46.4 Å². The third-order valence-electron chi connectivity index (χ3n) is 0. The first-order valence-electron chi connectivity index (χ1n) is 1.13. The van der Waals surface area contributed by atoms with Crippen LogP contribution in [0.1, 0.15) is 0 Å². The largest absolute Gasteiger partial charge is 0 e. The van der Waals surface area contributed by atoms with Crippen LogP contribution in [0, 0.1) is 0 Å². The van der Waals surface area contributed by atoms with Crippen LogP contribution in [0.5, 0.6) is 0 Å². The van der Waals surface area contributed by atoms with Gasteiger partial charge in [-0.3, -0.25) is 0 Å². The van der Waals surface area contributed by atoms with Crippen LogP contribution in [-0.4, -0.2) is 46.4 Å². The third-order valence-corrected chi connectivity index (χ3v) is 0. The second-order valence-corrected chi connectivity index (χ2v) is 3.21. The van der Waals surface area contributed by atoms with E-state index in [1.165, 1.54) is 0 Å². The van der Waals surface area contributed by atoms with E-state index in [4.69, 9.17) is 0 Å². The van der Waals surface area contributed by atoms with Crippen molar-refractivity contribution in [3.05, 3.63) is 0 Å². The van der Waals surface area contributed by atoms with Crippen LogP contribution in [0.4, 0.5) is 24.6 Å². The van der Waals surface area contributed by atoms with E-state index in [-0.39, 0.29) is 37.7 Å². The summed E-state index contributed by atoms with van der Waals surface area (Å²) >= 11 is 0. The van der Waals surface area contributed by atoms with Gasteiger partial charge in [-0.15, -0.1) is 0 Å². The Hall–Kier alpha value is 1.06. The van der Waals surface area contributed by atoms with Gasteiger partial charge in [-0.25, -0.2) is 0 Å². The van der Waals surface area contributed by atoms with E-state index in [1.54, 1.807) is 0 Å². The van der Waals surface area contributed by atoms with Gasteiger partial charge < -0.3 is 0 Å². The monoisotopic (exact) mass is 182 g/mol. The SMILES string of the molecule is F[Si-2](F)(F)(F)(F)F.[Ca]. The Kier molecular flexibility index (Phi) is 2.30. The van der Waals surface area contributed by atoms with Gasteiger partial charge in [-0.2, -0.15) is 0 Å². The minimum Gasteiger partial charge on any atom is 0 e. The molecule has 0 aliphatic rings. The van der Waals surface area contributed by atoms with Crippen molar-refractivity contribution in [1.29, 1.82) is 0 Å². The van der Waals surface area contributed by atoms with E-state index in [1.807, 2.05) is 0 Å². The first kappa shape index (κ1) is 11.8. The molecule has 0 aliphatic carbocycles. The molecule has 0 atom stereocenters. The number of halogens is 6. The summed E-state index contributed by atoms with van der Waals surface area (Å²) in [6, 6.07) is 0. The van der Waals surface area contributed by atoms with E-state index in [9.17, 15) is 24.6 Å². The van der Waals surface area contributed by atoms with Crippen molar-refractivity contribution in [2.45, 2.75) is 0 Å². The Morgan fingerprint density at radius 1 is 0.625 bits per heavy atom. The fourth-order valence-corrected chi connectivity index (χ4v) is 0. The van der Waals surface area contributed by atoms with E-state index < -0.39 is 8.63 Å². The van der Waals surface area contributed by atoms with E-state index >= 15 is 0 Å². The molecule has 8 heteroatoms. The summed E-state index contributed by atoms with van der Waals surface area (Å²) in [5.74, 6) is 0. The molecule has 0 saturated heterocycles. The summed E-state index contributed by atoms with van der Waals surface area (Å²) in [4.78, 5) is 0. The molecule has 0 rings (SSSR count). The van der Waals surface area contributed by atoms with Gasteiger partial charge in [-0.1, -0.05) is 0 Å². The van der Waals surface area contributed by atoms with E-state index in [2.05, 4.69) is 0 Å². The maximum Gasteiger partial charge on any atom is 0 e. The summed E-state index contributed by atoms with van der Waals surface area (Å²) in [6.07, 6.45) is 0. The van der Waals surface area contributed by atoms with Crippen molar-refractivity contribution in [2.75, 3.05) is 0 Å². The van der Waals surface area contributed by atoms with Crippen molar-refractivity contribution in [3.8, 4) is 0 Å². The Morgan fingerprint density at radius 2 is 0.625 bits per heavy atom. The second-order valence-electron chi connectivity index (χ2n) is 1.07. The number of rotatable bonds is 0. The predicted octanol–water partition coefficient (Wildman–Crippen LogP) is 1.76. The molecule has 2 radical (unpaired) electrons. The average Bonchev–Trinajstić information content (AvgIpc) is 0.592. The molecular formula is CaF6Si-2. The molecule has 0 spiro atoms. The molecule has 8 heavy (non-hydrogen) atoms. The molecule has 50 valence electrons. The van der Waals surface area contributed by atoms with Crippen LogP contribution >= 0.6 is 0 Å². The maximum absolute atomic E-state index is 10.8. The Balaban J connectivity index is 0. The van der Waals surface area contributed by atoms with Gasteiger partial charge in [0, 0.05) is 37.7 Å². The zero-order chi connectivity index (χ0) is 6.41. The average molecular weight is 182 g/mol. The number of hydrogen-bond donors (Lipinski definition) is 0.